The third-order valence-electron chi connectivity index (χ3n) is 4.10. The summed E-state index contributed by atoms with van der Waals surface area (Å²) in [7, 11) is 0. The highest BCUT2D eigenvalue weighted by atomic mass is 16.3. The highest BCUT2D eigenvalue weighted by molar-refractivity contribution is 4.66. The lowest BCUT2D eigenvalue weighted by atomic mass is 9.85. The van der Waals surface area contributed by atoms with E-state index in [9.17, 15) is 5.11 Å². The van der Waals surface area contributed by atoms with Crippen LogP contribution in [0.1, 0.15) is 99.3 Å². The van der Waals surface area contributed by atoms with E-state index in [2.05, 4.69) is 41.5 Å². The fraction of sp³-hybridized carbons (Fsp3) is 1.00. The van der Waals surface area contributed by atoms with Crippen LogP contribution in [0.5, 0.6) is 0 Å². The molecule has 0 fully saturated rings. The third-order valence-corrected chi connectivity index (χ3v) is 4.10. The van der Waals surface area contributed by atoms with E-state index in [-0.39, 0.29) is 0 Å². The molecule has 0 aromatic heterocycles. The van der Waals surface area contributed by atoms with Gasteiger partial charge in [0.25, 0.3) is 0 Å². The molecule has 0 saturated carbocycles. The molecular weight excluding hydrogens is 244 g/mol. The molecule has 0 radical (unpaired) electrons. The Hall–Kier alpha value is -0.0400. The highest BCUT2D eigenvalue weighted by Gasteiger charge is 2.14. The Morgan fingerprint density at radius 2 is 1.15 bits per heavy atom. The lowest BCUT2D eigenvalue weighted by Gasteiger charge is -2.22. The zero-order valence-corrected chi connectivity index (χ0v) is 15.1. The van der Waals surface area contributed by atoms with Crippen molar-refractivity contribution in [3.05, 3.63) is 0 Å². The van der Waals surface area contributed by atoms with Crippen LogP contribution in [0.4, 0.5) is 0 Å². The first kappa shape index (κ1) is 20.0. The minimum Gasteiger partial charge on any atom is -0.396 e. The van der Waals surface area contributed by atoms with E-state index in [1.165, 1.54) is 57.8 Å². The fourth-order valence-corrected chi connectivity index (χ4v) is 2.58. The molecule has 0 aliphatic carbocycles. The molecule has 1 nitrogen and oxygen atoms in total. The number of hydrogen-bond donors (Lipinski definition) is 1. The summed E-state index contributed by atoms with van der Waals surface area (Å²) >= 11 is 0. The van der Waals surface area contributed by atoms with Crippen LogP contribution in [-0.4, -0.2) is 11.7 Å². The molecule has 0 saturated heterocycles. The minimum absolute atomic E-state index is 0.375. The maximum absolute atomic E-state index is 9.45. The number of aliphatic hydroxyl groups is 1. The van der Waals surface area contributed by atoms with Crippen molar-refractivity contribution in [2.24, 2.45) is 16.7 Å². The van der Waals surface area contributed by atoms with Gasteiger partial charge in [0, 0.05) is 6.61 Å². The minimum atomic E-state index is 0.375. The van der Waals surface area contributed by atoms with Gasteiger partial charge < -0.3 is 5.11 Å². The molecule has 0 unspecified atom stereocenters. The second-order valence-corrected chi connectivity index (χ2v) is 9.02. The summed E-state index contributed by atoms with van der Waals surface area (Å²) in [4.78, 5) is 0. The van der Waals surface area contributed by atoms with Crippen LogP contribution in [0.3, 0.4) is 0 Å². The zero-order chi connectivity index (χ0) is 15.6. The molecule has 0 amide bonds. The Balaban J connectivity index is 3.52. The van der Waals surface area contributed by atoms with E-state index in [1.807, 2.05) is 0 Å². The Morgan fingerprint density at radius 3 is 1.65 bits per heavy atom. The van der Waals surface area contributed by atoms with E-state index in [1.54, 1.807) is 0 Å². The number of unbranched alkanes of at least 4 members (excludes halogenated alkanes) is 4. The SMILES string of the molecule is CC(C)(C)CCCCCCC[C@@H](CO)CCC(C)(C)C. The maximum atomic E-state index is 9.45. The molecule has 0 bridgehead atoms. The average Bonchev–Trinajstić information content (AvgIpc) is 2.29. The number of aliphatic hydroxyl groups excluding tert-OH is 1. The molecule has 0 aromatic carbocycles. The molecule has 1 N–H and O–H groups in total. The van der Waals surface area contributed by atoms with Crippen molar-refractivity contribution in [3.63, 3.8) is 0 Å². The summed E-state index contributed by atoms with van der Waals surface area (Å²) in [6.07, 6.45) is 11.7. The quantitative estimate of drug-likeness (QED) is 0.474. The van der Waals surface area contributed by atoms with Crippen molar-refractivity contribution in [2.45, 2.75) is 99.3 Å². The Kier molecular flexibility index (Phi) is 9.80. The normalized spacial score (nSPS) is 14.6. The smallest absolute Gasteiger partial charge is 0.0459 e. The maximum Gasteiger partial charge on any atom is 0.0459 e. The predicted molar refractivity (Wildman–Crippen MR) is 91.0 cm³/mol. The number of hydrogen-bond acceptors (Lipinski definition) is 1. The topological polar surface area (TPSA) is 20.2 Å². The molecule has 1 heteroatoms. The van der Waals surface area contributed by atoms with Crippen LogP contribution in [0.15, 0.2) is 0 Å². The molecule has 1 atom stereocenters. The Bertz CT molecular complexity index is 219. The van der Waals surface area contributed by atoms with Crippen LogP contribution in [0.2, 0.25) is 0 Å². The van der Waals surface area contributed by atoms with Crippen LogP contribution >= 0.6 is 0 Å². The molecule has 0 heterocycles. The molecule has 20 heavy (non-hydrogen) atoms. The van der Waals surface area contributed by atoms with Crippen LogP contribution < -0.4 is 0 Å². The summed E-state index contributed by atoms with van der Waals surface area (Å²) in [5.41, 5.74) is 0.898. The predicted octanol–water partition coefficient (Wildman–Crippen LogP) is 6.20. The van der Waals surface area contributed by atoms with Crippen molar-refractivity contribution < 1.29 is 5.11 Å². The Labute approximate surface area is 128 Å². The summed E-state index contributed by atoms with van der Waals surface area (Å²) in [5, 5.41) is 9.45. The highest BCUT2D eigenvalue weighted by Crippen LogP contribution is 2.26. The summed E-state index contributed by atoms with van der Waals surface area (Å²) < 4.78 is 0. The van der Waals surface area contributed by atoms with Gasteiger partial charge in [-0.15, -0.1) is 0 Å². The van der Waals surface area contributed by atoms with Crippen molar-refractivity contribution in [1.29, 1.82) is 0 Å². The summed E-state index contributed by atoms with van der Waals surface area (Å²) in [6.45, 7) is 14.2. The van der Waals surface area contributed by atoms with E-state index >= 15 is 0 Å². The van der Waals surface area contributed by atoms with Crippen molar-refractivity contribution in [2.75, 3.05) is 6.61 Å². The van der Waals surface area contributed by atoms with E-state index < -0.39 is 0 Å². The first-order valence-electron chi connectivity index (χ1n) is 8.75. The van der Waals surface area contributed by atoms with Crippen LogP contribution in [0.25, 0.3) is 0 Å². The number of rotatable bonds is 10. The molecule has 122 valence electrons. The van der Waals surface area contributed by atoms with Gasteiger partial charge in [-0.25, -0.2) is 0 Å². The first-order valence-corrected chi connectivity index (χ1v) is 8.75. The van der Waals surface area contributed by atoms with Crippen molar-refractivity contribution in [3.8, 4) is 0 Å². The van der Waals surface area contributed by atoms with E-state index in [4.69, 9.17) is 0 Å². The molecule has 0 aliphatic heterocycles. The van der Waals surface area contributed by atoms with Crippen LogP contribution in [-0.2, 0) is 0 Å². The van der Waals surface area contributed by atoms with Gasteiger partial charge >= 0.3 is 0 Å². The standard InChI is InChI=1S/C19H40O/c1-18(2,3)14-11-9-7-8-10-12-17(16-20)13-15-19(4,5)6/h17,20H,7-16H2,1-6H3/t17-/m1/s1. The summed E-state index contributed by atoms with van der Waals surface area (Å²) in [6, 6.07) is 0. The average molecular weight is 285 g/mol. The van der Waals surface area contributed by atoms with Gasteiger partial charge in [0.2, 0.25) is 0 Å². The zero-order valence-electron chi connectivity index (χ0n) is 15.1. The lowest BCUT2D eigenvalue weighted by Crippen LogP contribution is -2.12. The molecule has 0 aromatic rings. The first-order chi connectivity index (χ1) is 9.14. The fourth-order valence-electron chi connectivity index (χ4n) is 2.58. The molecular formula is C19H40O. The van der Waals surface area contributed by atoms with Gasteiger partial charge in [-0.05, 0) is 42.4 Å². The van der Waals surface area contributed by atoms with Gasteiger partial charge in [-0.2, -0.15) is 0 Å². The second kappa shape index (κ2) is 9.82. The van der Waals surface area contributed by atoms with E-state index in [0.29, 0.717) is 23.4 Å². The molecule has 0 aliphatic rings. The van der Waals surface area contributed by atoms with Gasteiger partial charge in [0.05, 0.1) is 0 Å². The Morgan fingerprint density at radius 1 is 0.650 bits per heavy atom. The third kappa shape index (κ3) is 14.4. The van der Waals surface area contributed by atoms with Crippen molar-refractivity contribution in [1.82, 2.24) is 0 Å². The van der Waals surface area contributed by atoms with Gasteiger partial charge in [0.1, 0.15) is 0 Å². The van der Waals surface area contributed by atoms with Gasteiger partial charge in [-0.1, -0.05) is 73.6 Å². The lowest BCUT2D eigenvalue weighted by molar-refractivity contribution is 0.190. The van der Waals surface area contributed by atoms with Crippen LogP contribution in [0, 0.1) is 16.7 Å². The molecule has 0 rings (SSSR count). The summed E-state index contributed by atoms with van der Waals surface area (Å²) in [5.74, 6) is 0.531. The molecule has 0 spiro atoms. The second-order valence-electron chi connectivity index (χ2n) is 9.02. The van der Waals surface area contributed by atoms with E-state index in [0.717, 1.165) is 0 Å². The van der Waals surface area contributed by atoms with Gasteiger partial charge in [-0.3, -0.25) is 0 Å². The largest absolute Gasteiger partial charge is 0.396 e. The van der Waals surface area contributed by atoms with Crippen molar-refractivity contribution >= 4 is 0 Å². The van der Waals surface area contributed by atoms with Gasteiger partial charge in [0.15, 0.2) is 0 Å². The monoisotopic (exact) mass is 284 g/mol.